The minimum Gasteiger partial charge on any atom is -0.356 e. The van der Waals surface area contributed by atoms with E-state index in [1.54, 1.807) is 12.5 Å². The quantitative estimate of drug-likeness (QED) is 0.483. The van der Waals surface area contributed by atoms with Crippen LogP contribution in [0.4, 0.5) is 0 Å². The standard InChI is InChI=1S/C8H12N4O3/c1-6-4-7(13)12(5-10-6)3-2-8(14)15-11-9/h4-5,11H,2-3,9H2,1H3. The molecule has 0 amide bonds. The van der Waals surface area contributed by atoms with Crippen LogP contribution in [0.25, 0.3) is 0 Å². The molecule has 15 heavy (non-hydrogen) atoms. The zero-order valence-corrected chi connectivity index (χ0v) is 8.27. The van der Waals surface area contributed by atoms with E-state index < -0.39 is 5.97 Å². The molecule has 0 aliphatic heterocycles. The van der Waals surface area contributed by atoms with Crippen molar-refractivity contribution in [3.05, 3.63) is 28.4 Å². The molecule has 1 rings (SSSR count). The molecular weight excluding hydrogens is 200 g/mol. The van der Waals surface area contributed by atoms with E-state index in [1.807, 2.05) is 0 Å². The topological polar surface area (TPSA) is 99.2 Å². The summed E-state index contributed by atoms with van der Waals surface area (Å²) in [5, 5.41) is 0. The molecule has 0 saturated carbocycles. The zero-order chi connectivity index (χ0) is 11.3. The molecule has 3 N–H and O–H groups in total. The molecule has 0 saturated heterocycles. The Balaban J connectivity index is 2.58. The third-order valence-electron chi connectivity index (χ3n) is 1.75. The van der Waals surface area contributed by atoms with Crippen molar-refractivity contribution in [2.45, 2.75) is 19.9 Å². The third kappa shape index (κ3) is 3.49. The number of nitrogens with two attached hydrogens (primary N) is 1. The van der Waals surface area contributed by atoms with Gasteiger partial charge in [-0.1, -0.05) is 5.59 Å². The Labute approximate surface area is 85.8 Å². The Hall–Kier alpha value is -1.73. The number of nitrogens with one attached hydrogen (secondary N) is 1. The smallest absolute Gasteiger partial charge is 0.328 e. The summed E-state index contributed by atoms with van der Waals surface area (Å²) < 4.78 is 1.32. The van der Waals surface area contributed by atoms with Gasteiger partial charge in [-0.25, -0.2) is 10.8 Å². The Kier molecular flexibility index (Phi) is 3.95. The maximum atomic E-state index is 11.3. The van der Waals surface area contributed by atoms with Crippen LogP contribution >= 0.6 is 0 Å². The van der Waals surface area contributed by atoms with E-state index in [2.05, 4.69) is 9.82 Å². The second-order valence-corrected chi connectivity index (χ2v) is 2.90. The lowest BCUT2D eigenvalue weighted by Gasteiger charge is -2.04. The van der Waals surface area contributed by atoms with E-state index in [4.69, 9.17) is 5.84 Å². The molecule has 0 aliphatic rings. The summed E-state index contributed by atoms with van der Waals surface area (Å²) in [4.78, 5) is 30.4. The van der Waals surface area contributed by atoms with Crippen LogP contribution in [0.2, 0.25) is 0 Å². The van der Waals surface area contributed by atoms with E-state index in [0.717, 1.165) is 0 Å². The number of nitrogens with zero attached hydrogens (tertiary/aromatic N) is 2. The lowest BCUT2D eigenvalue weighted by molar-refractivity contribution is -0.151. The summed E-state index contributed by atoms with van der Waals surface area (Å²) in [6.07, 6.45) is 1.44. The number of carbonyl (C=O) groups excluding carboxylic acids is 1. The minimum absolute atomic E-state index is 0.0504. The molecule has 0 aromatic carbocycles. The second kappa shape index (κ2) is 5.23. The maximum Gasteiger partial charge on any atom is 0.328 e. The zero-order valence-electron chi connectivity index (χ0n) is 8.27. The summed E-state index contributed by atoms with van der Waals surface area (Å²) in [7, 11) is 0. The molecule has 1 aromatic heterocycles. The fourth-order valence-corrected chi connectivity index (χ4v) is 1.01. The van der Waals surface area contributed by atoms with Crippen molar-refractivity contribution in [1.82, 2.24) is 15.1 Å². The Morgan fingerprint density at radius 1 is 1.73 bits per heavy atom. The van der Waals surface area contributed by atoms with Crippen molar-refractivity contribution in [2.75, 3.05) is 0 Å². The van der Waals surface area contributed by atoms with Gasteiger partial charge in [-0.05, 0) is 6.92 Å². The molecule has 0 bridgehead atoms. The highest BCUT2D eigenvalue weighted by Gasteiger charge is 2.04. The van der Waals surface area contributed by atoms with Gasteiger partial charge in [0.2, 0.25) is 0 Å². The minimum atomic E-state index is -0.537. The molecule has 0 unspecified atom stereocenters. The molecule has 0 fully saturated rings. The molecule has 7 nitrogen and oxygen atoms in total. The molecule has 0 aliphatic carbocycles. The van der Waals surface area contributed by atoms with Crippen LogP contribution in [-0.4, -0.2) is 15.5 Å². The second-order valence-electron chi connectivity index (χ2n) is 2.90. The van der Waals surface area contributed by atoms with Gasteiger partial charge in [0.25, 0.3) is 5.56 Å². The summed E-state index contributed by atoms with van der Waals surface area (Å²) in [6, 6.07) is 1.40. The highest BCUT2D eigenvalue weighted by molar-refractivity contribution is 5.68. The number of hydrogen-bond acceptors (Lipinski definition) is 6. The van der Waals surface area contributed by atoms with Crippen LogP contribution in [0.3, 0.4) is 0 Å². The van der Waals surface area contributed by atoms with Gasteiger partial charge in [0, 0.05) is 18.3 Å². The predicted octanol–water partition coefficient (Wildman–Crippen LogP) is -1.14. The van der Waals surface area contributed by atoms with Gasteiger partial charge in [0.15, 0.2) is 0 Å². The van der Waals surface area contributed by atoms with Crippen LogP contribution < -0.4 is 17.0 Å². The van der Waals surface area contributed by atoms with E-state index in [9.17, 15) is 9.59 Å². The summed E-state index contributed by atoms with van der Waals surface area (Å²) in [5.74, 6) is 4.24. The van der Waals surface area contributed by atoms with Crippen LogP contribution in [0.5, 0.6) is 0 Å². The summed E-state index contributed by atoms with van der Waals surface area (Å²) in [6.45, 7) is 1.94. The highest BCUT2D eigenvalue weighted by atomic mass is 16.7. The molecule has 0 radical (unpaired) electrons. The number of rotatable bonds is 4. The van der Waals surface area contributed by atoms with Gasteiger partial charge < -0.3 is 4.84 Å². The summed E-state index contributed by atoms with van der Waals surface area (Å²) >= 11 is 0. The fraction of sp³-hybridized carbons (Fsp3) is 0.375. The van der Waals surface area contributed by atoms with Crippen molar-refractivity contribution in [1.29, 1.82) is 0 Å². The molecule has 82 valence electrons. The fourth-order valence-electron chi connectivity index (χ4n) is 1.01. The van der Waals surface area contributed by atoms with E-state index >= 15 is 0 Å². The number of hydrogen-bond donors (Lipinski definition) is 2. The van der Waals surface area contributed by atoms with Crippen LogP contribution in [0.15, 0.2) is 17.2 Å². The Morgan fingerprint density at radius 3 is 3.07 bits per heavy atom. The van der Waals surface area contributed by atoms with Gasteiger partial charge in [0.05, 0.1) is 12.7 Å². The van der Waals surface area contributed by atoms with Crippen molar-refractivity contribution >= 4 is 5.97 Å². The molecule has 1 heterocycles. The van der Waals surface area contributed by atoms with Crippen molar-refractivity contribution in [2.24, 2.45) is 5.84 Å². The molecule has 0 spiro atoms. The van der Waals surface area contributed by atoms with E-state index in [0.29, 0.717) is 5.69 Å². The Bertz CT molecular complexity index is 401. The van der Waals surface area contributed by atoms with Crippen molar-refractivity contribution in [3.8, 4) is 0 Å². The predicted molar refractivity (Wildman–Crippen MR) is 51.3 cm³/mol. The molecule has 7 heteroatoms. The number of hydrazine groups is 1. The van der Waals surface area contributed by atoms with Gasteiger partial charge in [0.1, 0.15) is 0 Å². The van der Waals surface area contributed by atoms with Gasteiger partial charge in [-0.3, -0.25) is 14.2 Å². The largest absolute Gasteiger partial charge is 0.356 e. The van der Waals surface area contributed by atoms with Crippen LogP contribution in [0, 0.1) is 6.92 Å². The third-order valence-corrected chi connectivity index (χ3v) is 1.75. The van der Waals surface area contributed by atoms with Crippen molar-refractivity contribution in [3.63, 3.8) is 0 Å². The van der Waals surface area contributed by atoms with Crippen LogP contribution in [0.1, 0.15) is 12.1 Å². The first kappa shape index (κ1) is 11.3. The Morgan fingerprint density at radius 2 is 2.47 bits per heavy atom. The first-order valence-electron chi connectivity index (χ1n) is 4.32. The molecule has 0 atom stereocenters. The van der Waals surface area contributed by atoms with Gasteiger partial charge >= 0.3 is 5.97 Å². The molecular formula is C8H12N4O3. The SMILES string of the molecule is Cc1cc(=O)n(CCC(=O)ONN)cn1. The first-order valence-corrected chi connectivity index (χ1v) is 4.32. The average molecular weight is 212 g/mol. The first-order chi connectivity index (χ1) is 7.13. The normalized spacial score (nSPS) is 10.0. The van der Waals surface area contributed by atoms with Gasteiger partial charge in [-0.2, -0.15) is 0 Å². The maximum absolute atomic E-state index is 11.3. The summed E-state index contributed by atoms with van der Waals surface area (Å²) in [5.41, 5.74) is 2.22. The monoisotopic (exact) mass is 212 g/mol. The number of aryl methyl sites for hydroxylation is 2. The van der Waals surface area contributed by atoms with Crippen molar-refractivity contribution < 1.29 is 9.63 Å². The highest BCUT2D eigenvalue weighted by Crippen LogP contribution is 1.90. The van der Waals surface area contributed by atoms with Crippen LogP contribution in [-0.2, 0) is 16.2 Å². The lowest BCUT2D eigenvalue weighted by Crippen LogP contribution is -2.28. The molecule has 1 aromatic rings. The number of carbonyl (C=O) groups is 1. The van der Waals surface area contributed by atoms with E-state index in [-0.39, 0.29) is 18.5 Å². The average Bonchev–Trinajstić information content (AvgIpc) is 2.17. The number of aromatic nitrogens is 2. The van der Waals surface area contributed by atoms with E-state index in [1.165, 1.54) is 17.0 Å². The van der Waals surface area contributed by atoms with Gasteiger partial charge in [-0.15, -0.1) is 0 Å². The lowest BCUT2D eigenvalue weighted by atomic mass is 10.4.